The van der Waals surface area contributed by atoms with E-state index in [1.54, 1.807) is 12.1 Å². The molecule has 1 aliphatic rings. The molecular formula is C23H26N4O4S. The fourth-order valence-corrected chi connectivity index (χ4v) is 4.51. The van der Waals surface area contributed by atoms with Crippen LogP contribution in [0, 0.1) is 0 Å². The number of benzene rings is 2. The molecule has 0 saturated carbocycles. The van der Waals surface area contributed by atoms with Crippen molar-refractivity contribution in [1.29, 1.82) is 0 Å². The molecule has 8 nitrogen and oxygen atoms in total. The average molecular weight is 455 g/mol. The van der Waals surface area contributed by atoms with Crippen molar-refractivity contribution in [3.8, 4) is 17.2 Å². The summed E-state index contributed by atoms with van der Waals surface area (Å²) in [5, 5.41) is 12.5. The summed E-state index contributed by atoms with van der Waals surface area (Å²) < 4.78 is 15.9. The van der Waals surface area contributed by atoms with Crippen LogP contribution in [-0.4, -0.2) is 55.4 Å². The molecule has 1 aromatic heterocycles. The van der Waals surface area contributed by atoms with Gasteiger partial charge in [-0.05, 0) is 29.7 Å². The highest BCUT2D eigenvalue weighted by atomic mass is 32.1. The van der Waals surface area contributed by atoms with Crippen molar-refractivity contribution in [2.45, 2.75) is 19.4 Å². The number of carbonyl (C=O) groups excluding carboxylic acids is 1. The molecule has 0 aliphatic carbocycles. The van der Waals surface area contributed by atoms with Gasteiger partial charge >= 0.3 is 0 Å². The minimum absolute atomic E-state index is 0.320. The predicted octanol–water partition coefficient (Wildman–Crippen LogP) is 3.42. The van der Waals surface area contributed by atoms with E-state index in [4.69, 9.17) is 14.2 Å². The van der Waals surface area contributed by atoms with Gasteiger partial charge in [0.1, 0.15) is 5.01 Å². The third-order valence-electron chi connectivity index (χ3n) is 5.47. The Kier molecular flexibility index (Phi) is 6.87. The van der Waals surface area contributed by atoms with E-state index in [0.29, 0.717) is 27.9 Å². The molecule has 1 amide bonds. The highest BCUT2D eigenvalue weighted by Gasteiger charge is 2.19. The minimum atomic E-state index is -0.320. The van der Waals surface area contributed by atoms with Gasteiger partial charge in [0, 0.05) is 31.6 Å². The number of nitrogens with one attached hydrogen (secondary N) is 1. The topological polar surface area (TPSA) is 85.8 Å². The van der Waals surface area contributed by atoms with Gasteiger partial charge in [-0.1, -0.05) is 35.6 Å². The lowest BCUT2D eigenvalue weighted by Crippen LogP contribution is -2.32. The molecule has 0 fully saturated rings. The van der Waals surface area contributed by atoms with Crippen LogP contribution in [0.5, 0.6) is 17.2 Å². The zero-order valence-electron chi connectivity index (χ0n) is 18.4. The molecule has 0 spiro atoms. The summed E-state index contributed by atoms with van der Waals surface area (Å²) in [6, 6.07) is 11.8. The molecular weight excluding hydrogens is 428 g/mol. The van der Waals surface area contributed by atoms with Crippen molar-refractivity contribution >= 4 is 22.4 Å². The monoisotopic (exact) mass is 454 g/mol. The molecule has 9 heteroatoms. The average Bonchev–Trinajstić information content (AvgIpc) is 3.28. The number of hydrogen-bond acceptors (Lipinski definition) is 8. The Morgan fingerprint density at radius 3 is 2.47 bits per heavy atom. The van der Waals surface area contributed by atoms with Crippen LogP contribution in [0.4, 0.5) is 5.13 Å². The van der Waals surface area contributed by atoms with Crippen molar-refractivity contribution < 1.29 is 19.0 Å². The maximum atomic E-state index is 12.7. The molecule has 1 aliphatic heterocycles. The Labute approximate surface area is 191 Å². The van der Waals surface area contributed by atoms with Crippen molar-refractivity contribution in [2.75, 3.05) is 39.7 Å². The fourth-order valence-electron chi connectivity index (χ4n) is 3.79. The third-order valence-corrected chi connectivity index (χ3v) is 6.36. The second-order valence-corrected chi connectivity index (χ2v) is 8.48. The molecule has 2 aromatic carbocycles. The van der Waals surface area contributed by atoms with Gasteiger partial charge in [0.05, 0.1) is 21.3 Å². The highest BCUT2D eigenvalue weighted by Crippen LogP contribution is 2.38. The van der Waals surface area contributed by atoms with Crippen LogP contribution in [0.15, 0.2) is 36.4 Å². The van der Waals surface area contributed by atoms with E-state index >= 15 is 0 Å². The first kappa shape index (κ1) is 22.0. The van der Waals surface area contributed by atoms with Gasteiger partial charge in [-0.3, -0.25) is 15.0 Å². The first-order chi connectivity index (χ1) is 15.6. The van der Waals surface area contributed by atoms with E-state index in [2.05, 4.69) is 44.7 Å². The normalized spacial score (nSPS) is 13.3. The molecule has 0 unspecified atom stereocenters. The van der Waals surface area contributed by atoms with Crippen molar-refractivity contribution in [3.05, 3.63) is 58.1 Å². The molecule has 0 saturated heterocycles. The number of rotatable bonds is 8. The summed E-state index contributed by atoms with van der Waals surface area (Å²) in [6.45, 7) is 2.91. The van der Waals surface area contributed by atoms with E-state index in [9.17, 15) is 4.79 Å². The first-order valence-corrected chi connectivity index (χ1v) is 11.2. The lowest BCUT2D eigenvalue weighted by Gasteiger charge is -2.28. The number of amides is 1. The second-order valence-electron chi connectivity index (χ2n) is 7.41. The SMILES string of the molecule is COc1cc(C(=O)Nc2nnc(CCN3CCc4ccccc4C3)s2)cc(OC)c1OC. The second kappa shape index (κ2) is 9.97. The number of aromatic nitrogens is 2. The summed E-state index contributed by atoms with van der Waals surface area (Å²) in [5.41, 5.74) is 3.22. The van der Waals surface area contributed by atoms with Crippen LogP contribution >= 0.6 is 11.3 Å². The van der Waals surface area contributed by atoms with Gasteiger partial charge in [0.2, 0.25) is 10.9 Å². The van der Waals surface area contributed by atoms with Gasteiger partial charge < -0.3 is 14.2 Å². The first-order valence-electron chi connectivity index (χ1n) is 10.3. The number of carbonyl (C=O) groups is 1. The molecule has 2 heterocycles. The third kappa shape index (κ3) is 4.84. The van der Waals surface area contributed by atoms with Crippen molar-refractivity contribution in [3.63, 3.8) is 0 Å². The lowest BCUT2D eigenvalue weighted by atomic mass is 10.00. The lowest BCUT2D eigenvalue weighted by molar-refractivity contribution is 0.102. The molecule has 0 atom stereocenters. The maximum Gasteiger partial charge on any atom is 0.257 e. The zero-order chi connectivity index (χ0) is 22.5. The molecule has 3 aromatic rings. The van der Waals surface area contributed by atoms with Gasteiger partial charge in [-0.2, -0.15) is 0 Å². The number of anilines is 1. The van der Waals surface area contributed by atoms with E-state index in [-0.39, 0.29) is 5.91 Å². The Hall–Kier alpha value is -3.17. The zero-order valence-corrected chi connectivity index (χ0v) is 19.2. The largest absolute Gasteiger partial charge is 0.493 e. The van der Waals surface area contributed by atoms with E-state index in [0.717, 1.165) is 37.5 Å². The summed E-state index contributed by atoms with van der Waals surface area (Å²) in [6.07, 6.45) is 1.86. The van der Waals surface area contributed by atoms with E-state index in [1.807, 2.05) is 0 Å². The molecule has 32 heavy (non-hydrogen) atoms. The predicted molar refractivity (Wildman–Crippen MR) is 123 cm³/mol. The number of ether oxygens (including phenoxy) is 3. The van der Waals surface area contributed by atoms with Crippen molar-refractivity contribution in [1.82, 2.24) is 15.1 Å². The smallest absolute Gasteiger partial charge is 0.257 e. The van der Waals surface area contributed by atoms with Crippen LogP contribution in [-0.2, 0) is 19.4 Å². The van der Waals surface area contributed by atoms with Crippen LogP contribution in [0.3, 0.4) is 0 Å². The maximum absolute atomic E-state index is 12.7. The molecule has 1 N–H and O–H groups in total. The Morgan fingerprint density at radius 1 is 1.06 bits per heavy atom. The summed E-state index contributed by atoms with van der Waals surface area (Å²) in [7, 11) is 4.54. The van der Waals surface area contributed by atoms with E-state index in [1.165, 1.54) is 43.8 Å². The molecule has 4 rings (SSSR count). The van der Waals surface area contributed by atoms with Crippen LogP contribution < -0.4 is 19.5 Å². The summed E-state index contributed by atoms with van der Waals surface area (Å²) >= 11 is 1.39. The van der Waals surface area contributed by atoms with E-state index < -0.39 is 0 Å². The number of fused-ring (bicyclic) bond motifs is 1. The number of hydrogen-bond donors (Lipinski definition) is 1. The van der Waals surface area contributed by atoms with Gasteiger partial charge in [0.15, 0.2) is 11.5 Å². The molecule has 168 valence electrons. The fraction of sp³-hybridized carbons (Fsp3) is 0.348. The van der Waals surface area contributed by atoms with Gasteiger partial charge in [0.25, 0.3) is 5.91 Å². The van der Waals surface area contributed by atoms with Crippen LogP contribution in [0.25, 0.3) is 0 Å². The quantitative estimate of drug-likeness (QED) is 0.558. The van der Waals surface area contributed by atoms with Gasteiger partial charge in [-0.15, -0.1) is 10.2 Å². The Balaban J connectivity index is 1.37. The minimum Gasteiger partial charge on any atom is -0.493 e. The molecule has 0 bridgehead atoms. The Bertz CT molecular complexity index is 1080. The molecule has 0 radical (unpaired) electrons. The van der Waals surface area contributed by atoms with Gasteiger partial charge in [-0.25, -0.2) is 0 Å². The van der Waals surface area contributed by atoms with Crippen molar-refractivity contribution in [2.24, 2.45) is 0 Å². The Morgan fingerprint density at radius 2 is 1.78 bits per heavy atom. The standard InChI is InChI=1S/C23H26N4O4S/c1-29-18-12-17(13-19(30-2)21(18)31-3)22(28)24-23-26-25-20(32-23)9-11-27-10-8-15-6-4-5-7-16(15)14-27/h4-7,12-13H,8-11,14H2,1-3H3,(H,24,26,28). The van der Waals surface area contributed by atoms with Crippen LogP contribution in [0.2, 0.25) is 0 Å². The number of methoxy groups -OCH3 is 3. The summed E-state index contributed by atoms with van der Waals surface area (Å²) in [5.74, 6) is 0.945. The van der Waals surface area contributed by atoms with Crippen LogP contribution in [0.1, 0.15) is 26.5 Å². The highest BCUT2D eigenvalue weighted by molar-refractivity contribution is 7.15. The summed E-state index contributed by atoms with van der Waals surface area (Å²) in [4.78, 5) is 15.2. The number of nitrogens with zero attached hydrogens (tertiary/aromatic N) is 3.